The molecule has 1 atom stereocenters. The highest BCUT2D eigenvalue weighted by atomic mass is 16.5. The minimum Gasteiger partial charge on any atom is -0.508 e. The summed E-state index contributed by atoms with van der Waals surface area (Å²) in [5.74, 6) is 0.269. The Balaban J connectivity index is 2.05. The number of hydrogen-bond donors (Lipinski definition) is 1. The molecule has 0 amide bonds. The standard InChI is InChI=1S/C12H14N2O2/c15-10-5-4-9-8-13-14(11(9)7-10)12-3-1-2-6-16-12/h4-5,7-8,12,15H,1-3,6H2. The number of nitrogens with zero attached hydrogens (tertiary/aromatic N) is 2. The fourth-order valence-corrected chi connectivity index (χ4v) is 2.17. The number of phenols is 1. The van der Waals surface area contributed by atoms with E-state index < -0.39 is 0 Å². The molecule has 2 heterocycles. The molecule has 16 heavy (non-hydrogen) atoms. The smallest absolute Gasteiger partial charge is 0.150 e. The Morgan fingerprint density at radius 3 is 3.12 bits per heavy atom. The van der Waals surface area contributed by atoms with E-state index in [0.29, 0.717) is 0 Å². The number of aromatic nitrogens is 2. The second-order valence-corrected chi connectivity index (χ2v) is 4.15. The van der Waals surface area contributed by atoms with Crippen LogP contribution in [0, 0.1) is 0 Å². The zero-order valence-electron chi connectivity index (χ0n) is 8.97. The first kappa shape index (κ1) is 9.66. The molecule has 1 fully saturated rings. The first-order chi connectivity index (χ1) is 7.84. The summed E-state index contributed by atoms with van der Waals surface area (Å²) < 4.78 is 7.56. The van der Waals surface area contributed by atoms with Crippen molar-refractivity contribution < 1.29 is 9.84 Å². The van der Waals surface area contributed by atoms with Gasteiger partial charge in [-0.1, -0.05) is 0 Å². The van der Waals surface area contributed by atoms with Gasteiger partial charge < -0.3 is 9.84 Å². The zero-order valence-corrected chi connectivity index (χ0v) is 8.97. The lowest BCUT2D eigenvalue weighted by Crippen LogP contribution is -2.18. The van der Waals surface area contributed by atoms with Crippen molar-refractivity contribution >= 4 is 10.9 Å². The molecule has 1 aromatic carbocycles. The summed E-state index contributed by atoms with van der Waals surface area (Å²) in [6.07, 6.45) is 5.12. The third kappa shape index (κ3) is 1.55. The molecule has 0 radical (unpaired) electrons. The van der Waals surface area contributed by atoms with Crippen LogP contribution in [0.5, 0.6) is 5.75 Å². The molecule has 0 bridgehead atoms. The molecule has 3 rings (SSSR count). The number of aromatic hydroxyl groups is 1. The van der Waals surface area contributed by atoms with E-state index >= 15 is 0 Å². The zero-order chi connectivity index (χ0) is 11.0. The Hall–Kier alpha value is -1.55. The summed E-state index contributed by atoms with van der Waals surface area (Å²) in [5.41, 5.74) is 0.937. The van der Waals surface area contributed by atoms with Gasteiger partial charge in [-0.2, -0.15) is 5.10 Å². The summed E-state index contributed by atoms with van der Waals surface area (Å²) in [5, 5.41) is 14.9. The van der Waals surface area contributed by atoms with E-state index in [1.165, 1.54) is 6.42 Å². The van der Waals surface area contributed by atoms with Gasteiger partial charge in [-0.3, -0.25) is 0 Å². The third-order valence-corrected chi connectivity index (χ3v) is 3.01. The highest BCUT2D eigenvalue weighted by molar-refractivity contribution is 5.80. The van der Waals surface area contributed by atoms with Crippen LogP contribution in [0.25, 0.3) is 10.9 Å². The molecule has 1 aromatic heterocycles. The van der Waals surface area contributed by atoms with E-state index in [1.807, 2.05) is 16.9 Å². The van der Waals surface area contributed by atoms with Gasteiger partial charge >= 0.3 is 0 Å². The minimum absolute atomic E-state index is 0.0213. The van der Waals surface area contributed by atoms with E-state index in [0.717, 1.165) is 30.4 Å². The lowest BCUT2D eigenvalue weighted by molar-refractivity contribution is -0.0366. The van der Waals surface area contributed by atoms with Crippen molar-refractivity contribution in [2.45, 2.75) is 25.5 Å². The molecule has 0 spiro atoms. The maximum absolute atomic E-state index is 9.49. The van der Waals surface area contributed by atoms with Gasteiger partial charge in [0.25, 0.3) is 0 Å². The van der Waals surface area contributed by atoms with Gasteiger partial charge in [0.1, 0.15) is 5.75 Å². The van der Waals surface area contributed by atoms with Gasteiger partial charge in [-0.15, -0.1) is 0 Å². The number of benzene rings is 1. The van der Waals surface area contributed by atoms with E-state index in [2.05, 4.69) is 5.10 Å². The van der Waals surface area contributed by atoms with E-state index in [1.54, 1.807) is 12.1 Å². The normalized spacial score (nSPS) is 21.4. The van der Waals surface area contributed by atoms with E-state index in [9.17, 15) is 5.11 Å². The Bertz CT molecular complexity index is 501. The van der Waals surface area contributed by atoms with E-state index in [4.69, 9.17) is 4.74 Å². The average Bonchev–Trinajstić information content (AvgIpc) is 2.73. The summed E-state index contributed by atoms with van der Waals surface area (Å²) in [7, 11) is 0. The molecule has 1 N–H and O–H groups in total. The Kier molecular flexibility index (Phi) is 2.29. The van der Waals surface area contributed by atoms with Gasteiger partial charge in [0, 0.05) is 18.1 Å². The summed E-state index contributed by atoms with van der Waals surface area (Å²) in [4.78, 5) is 0. The molecular weight excluding hydrogens is 204 g/mol. The average molecular weight is 218 g/mol. The highest BCUT2D eigenvalue weighted by Gasteiger charge is 2.18. The van der Waals surface area contributed by atoms with Gasteiger partial charge in [-0.25, -0.2) is 4.68 Å². The molecule has 2 aromatic rings. The topological polar surface area (TPSA) is 47.3 Å². The van der Waals surface area contributed by atoms with Crippen molar-refractivity contribution in [3.63, 3.8) is 0 Å². The van der Waals surface area contributed by atoms with Crippen molar-refractivity contribution in [1.82, 2.24) is 9.78 Å². The molecular formula is C12H14N2O2. The molecule has 0 aliphatic carbocycles. The monoisotopic (exact) mass is 218 g/mol. The van der Waals surface area contributed by atoms with Crippen molar-refractivity contribution in [1.29, 1.82) is 0 Å². The first-order valence-corrected chi connectivity index (χ1v) is 5.62. The van der Waals surface area contributed by atoms with Crippen LogP contribution in [0.2, 0.25) is 0 Å². The Labute approximate surface area is 93.4 Å². The largest absolute Gasteiger partial charge is 0.508 e. The third-order valence-electron chi connectivity index (χ3n) is 3.01. The molecule has 1 aliphatic rings. The van der Waals surface area contributed by atoms with Crippen LogP contribution >= 0.6 is 0 Å². The SMILES string of the molecule is Oc1ccc2cnn(C3CCCCO3)c2c1. The number of ether oxygens (including phenoxy) is 1. The van der Waals surface area contributed by atoms with Crippen molar-refractivity contribution in [2.24, 2.45) is 0 Å². The summed E-state index contributed by atoms with van der Waals surface area (Å²) in [6.45, 7) is 0.796. The number of phenolic OH excluding ortho intramolecular Hbond substituents is 1. The van der Waals surface area contributed by atoms with Crippen LogP contribution in [0.4, 0.5) is 0 Å². The molecule has 4 nitrogen and oxygen atoms in total. The Morgan fingerprint density at radius 1 is 1.38 bits per heavy atom. The second kappa shape index (κ2) is 3.79. The maximum atomic E-state index is 9.49. The first-order valence-electron chi connectivity index (χ1n) is 5.62. The second-order valence-electron chi connectivity index (χ2n) is 4.15. The van der Waals surface area contributed by atoms with Crippen LogP contribution in [0.15, 0.2) is 24.4 Å². The van der Waals surface area contributed by atoms with Crippen molar-refractivity contribution in [3.05, 3.63) is 24.4 Å². The molecule has 1 saturated heterocycles. The molecule has 4 heteroatoms. The maximum Gasteiger partial charge on any atom is 0.150 e. The van der Waals surface area contributed by atoms with Crippen LogP contribution in [0.1, 0.15) is 25.5 Å². The predicted octanol–water partition coefficient (Wildman–Crippen LogP) is 2.44. The Morgan fingerprint density at radius 2 is 2.31 bits per heavy atom. The van der Waals surface area contributed by atoms with Gasteiger partial charge in [0.05, 0.1) is 11.7 Å². The molecule has 1 unspecified atom stereocenters. The summed E-state index contributed by atoms with van der Waals surface area (Å²) in [6, 6.07) is 5.29. The van der Waals surface area contributed by atoms with E-state index in [-0.39, 0.29) is 12.0 Å². The van der Waals surface area contributed by atoms with Crippen molar-refractivity contribution in [3.8, 4) is 5.75 Å². The van der Waals surface area contributed by atoms with Crippen LogP contribution in [0.3, 0.4) is 0 Å². The fourth-order valence-electron chi connectivity index (χ4n) is 2.17. The fraction of sp³-hybridized carbons (Fsp3) is 0.417. The van der Waals surface area contributed by atoms with Crippen LogP contribution in [-0.4, -0.2) is 21.5 Å². The highest BCUT2D eigenvalue weighted by Crippen LogP contribution is 2.27. The van der Waals surface area contributed by atoms with Crippen molar-refractivity contribution in [2.75, 3.05) is 6.61 Å². The van der Waals surface area contributed by atoms with Gasteiger partial charge in [0.15, 0.2) is 6.23 Å². The van der Waals surface area contributed by atoms with Gasteiger partial charge in [0.2, 0.25) is 0 Å². The molecule has 0 saturated carbocycles. The summed E-state index contributed by atoms with van der Waals surface area (Å²) >= 11 is 0. The van der Waals surface area contributed by atoms with Gasteiger partial charge in [-0.05, 0) is 31.4 Å². The van der Waals surface area contributed by atoms with Crippen LogP contribution in [-0.2, 0) is 4.74 Å². The lowest BCUT2D eigenvalue weighted by Gasteiger charge is -2.23. The number of rotatable bonds is 1. The minimum atomic E-state index is 0.0213. The predicted molar refractivity (Wildman–Crippen MR) is 60.2 cm³/mol. The van der Waals surface area contributed by atoms with Crippen LogP contribution < -0.4 is 0 Å². The quantitative estimate of drug-likeness (QED) is 0.799. The molecule has 1 aliphatic heterocycles. The number of hydrogen-bond acceptors (Lipinski definition) is 3. The number of fused-ring (bicyclic) bond motifs is 1. The molecule has 84 valence electrons. The lowest BCUT2D eigenvalue weighted by atomic mass is 10.2.